The predicted molar refractivity (Wildman–Crippen MR) is 72.1 cm³/mol. The number of hydrogen-bond donors (Lipinski definition) is 1. The van der Waals surface area contributed by atoms with Gasteiger partial charge in [0.2, 0.25) is 6.41 Å². The molecule has 0 aliphatic rings. The van der Waals surface area contributed by atoms with Gasteiger partial charge in [0, 0.05) is 6.54 Å². The molecule has 6 heteroatoms. The summed E-state index contributed by atoms with van der Waals surface area (Å²) in [7, 11) is 1.32. The quantitative estimate of drug-likeness (QED) is 0.311. The molecular weight excluding hydrogens is 248 g/mol. The Balaban J connectivity index is 4.02. The largest absolute Gasteiger partial charge is 0.468 e. The van der Waals surface area contributed by atoms with Gasteiger partial charge < -0.3 is 10.5 Å². The van der Waals surface area contributed by atoms with E-state index in [4.69, 9.17) is 10.6 Å². The van der Waals surface area contributed by atoms with Gasteiger partial charge in [0.05, 0.1) is 12.7 Å². The van der Waals surface area contributed by atoms with E-state index in [0.717, 1.165) is 0 Å². The summed E-state index contributed by atoms with van der Waals surface area (Å²) in [4.78, 5) is 27.6. The first-order valence-corrected chi connectivity index (χ1v) is 6.41. The Hall–Kier alpha value is -1.14. The van der Waals surface area contributed by atoms with Crippen LogP contribution in [0.25, 0.3) is 0 Å². The number of rotatable bonds is 8. The highest BCUT2D eigenvalue weighted by Gasteiger charge is 2.28. The zero-order valence-corrected chi connectivity index (χ0v) is 12.6. The number of esters is 1. The van der Waals surface area contributed by atoms with Crippen molar-refractivity contribution >= 4 is 12.4 Å². The summed E-state index contributed by atoms with van der Waals surface area (Å²) in [6, 6.07) is 0. The highest BCUT2D eigenvalue weighted by atomic mass is 16.7. The van der Waals surface area contributed by atoms with Crippen molar-refractivity contribution in [2.45, 2.75) is 58.1 Å². The highest BCUT2D eigenvalue weighted by molar-refractivity contribution is 5.79. The van der Waals surface area contributed by atoms with Crippen molar-refractivity contribution in [3.63, 3.8) is 0 Å². The molecule has 0 aromatic carbocycles. The van der Waals surface area contributed by atoms with E-state index in [1.54, 1.807) is 6.92 Å². The number of methoxy groups -OCH3 is 1. The van der Waals surface area contributed by atoms with Gasteiger partial charge >= 0.3 is 5.97 Å². The van der Waals surface area contributed by atoms with Crippen molar-refractivity contribution < 1.29 is 19.2 Å². The van der Waals surface area contributed by atoms with Gasteiger partial charge in [-0.3, -0.25) is 14.4 Å². The van der Waals surface area contributed by atoms with Crippen LogP contribution in [0.1, 0.15) is 47.0 Å². The Morgan fingerprint density at radius 3 is 2.26 bits per heavy atom. The van der Waals surface area contributed by atoms with Crippen LogP contribution in [0.15, 0.2) is 0 Å². The lowest BCUT2D eigenvalue weighted by atomic mass is 9.96. The van der Waals surface area contributed by atoms with E-state index in [-0.39, 0.29) is 0 Å². The van der Waals surface area contributed by atoms with Gasteiger partial charge in [-0.05, 0) is 47.0 Å². The summed E-state index contributed by atoms with van der Waals surface area (Å²) in [6.45, 7) is 7.73. The monoisotopic (exact) mass is 274 g/mol. The molecule has 0 rings (SSSR count). The van der Waals surface area contributed by atoms with E-state index in [2.05, 4.69) is 4.74 Å². The smallest absolute Gasteiger partial charge is 0.325 e. The third kappa shape index (κ3) is 7.79. The van der Waals surface area contributed by atoms with Crippen LogP contribution in [0.3, 0.4) is 0 Å². The standard InChI is InChI=1S/C13H26N2O4/c1-12(2,3)19-15(10-16)9-7-6-8-13(4,14)11(17)18-5/h10H,6-9,14H2,1-5H3. The number of nitrogens with zero attached hydrogens (tertiary/aromatic N) is 1. The normalized spacial score (nSPS) is 14.6. The van der Waals surface area contributed by atoms with E-state index >= 15 is 0 Å². The van der Waals surface area contributed by atoms with E-state index in [0.29, 0.717) is 32.2 Å². The average Bonchev–Trinajstić information content (AvgIpc) is 2.30. The third-order valence-corrected chi connectivity index (χ3v) is 2.49. The van der Waals surface area contributed by atoms with Crippen LogP contribution < -0.4 is 5.73 Å². The maximum absolute atomic E-state index is 11.4. The van der Waals surface area contributed by atoms with Crippen molar-refractivity contribution in [2.75, 3.05) is 13.7 Å². The molecule has 0 radical (unpaired) electrons. The van der Waals surface area contributed by atoms with Gasteiger partial charge in [0.25, 0.3) is 0 Å². The molecule has 0 aliphatic heterocycles. The fourth-order valence-corrected chi connectivity index (χ4v) is 1.57. The predicted octanol–water partition coefficient (Wildman–Crippen LogP) is 1.24. The SMILES string of the molecule is COC(=O)C(C)(N)CCCCN(C=O)OC(C)(C)C. The molecule has 0 spiro atoms. The van der Waals surface area contributed by atoms with Crippen LogP contribution >= 0.6 is 0 Å². The van der Waals surface area contributed by atoms with E-state index in [1.807, 2.05) is 20.8 Å². The number of carbonyl (C=O) groups excluding carboxylic acids is 2. The summed E-state index contributed by atoms with van der Waals surface area (Å²) in [5.41, 5.74) is 4.45. The lowest BCUT2D eigenvalue weighted by molar-refractivity contribution is -0.216. The van der Waals surface area contributed by atoms with Crippen molar-refractivity contribution in [1.29, 1.82) is 0 Å². The Kier molecular flexibility index (Phi) is 7.00. The first kappa shape index (κ1) is 17.9. The molecule has 2 N–H and O–H groups in total. The zero-order chi connectivity index (χ0) is 15.1. The molecule has 0 aliphatic carbocycles. The molecule has 112 valence electrons. The number of carbonyl (C=O) groups is 2. The lowest BCUT2D eigenvalue weighted by Gasteiger charge is -2.27. The minimum Gasteiger partial charge on any atom is -0.468 e. The van der Waals surface area contributed by atoms with E-state index in [1.165, 1.54) is 12.2 Å². The highest BCUT2D eigenvalue weighted by Crippen LogP contribution is 2.14. The Labute approximate surface area is 115 Å². The van der Waals surface area contributed by atoms with Gasteiger partial charge in [0.1, 0.15) is 5.54 Å². The summed E-state index contributed by atoms with van der Waals surface area (Å²) < 4.78 is 4.62. The van der Waals surface area contributed by atoms with Gasteiger partial charge in [-0.25, -0.2) is 5.06 Å². The minimum atomic E-state index is -0.981. The van der Waals surface area contributed by atoms with Crippen molar-refractivity contribution in [3.05, 3.63) is 0 Å². The van der Waals surface area contributed by atoms with Crippen LogP contribution in [-0.4, -0.2) is 42.2 Å². The van der Waals surface area contributed by atoms with Crippen molar-refractivity contribution in [1.82, 2.24) is 5.06 Å². The van der Waals surface area contributed by atoms with Crippen LogP contribution in [0, 0.1) is 0 Å². The summed E-state index contributed by atoms with van der Waals surface area (Å²) in [5, 5.41) is 1.27. The Morgan fingerprint density at radius 1 is 1.26 bits per heavy atom. The molecule has 0 saturated carbocycles. The summed E-state index contributed by atoms with van der Waals surface area (Å²) in [6.07, 6.45) is 2.58. The fraction of sp³-hybridized carbons (Fsp3) is 0.846. The van der Waals surface area contributed by atoms with Crippen LogP contribution in [0.2, 0.25) is 0 Å². The topological polar surface area (TPSA) is 81.9 Å². The zero-order valence-electron chi connectivity index (χ0n) is 12.6. The van der Waals surface area contributed by atoms with Crippen LogP contribution in [0.4, 0.5) is 0 Å². The van der Waals surface area contributed by atoms with E-state index in [9.17, 15) is 9.59 Å². The van der Waals surface area contributed by atoms with Gasteiger partial charge in [-0.1, -0.05) is 0 Å². The molecule has 0 saturated heterocycles. The summed E-state index contributed by atoms with van der Waals surface area (Å²) in [5.74, 6) is -0.425. The Morgan fingerprint density at radius 2 is 1.84 bits per heavy atom. The van der Waals surface area contributed by atoms with Gasteiger partial charge in [-0.2, -0.15) is 0 Å². The number of unbranched alkanes of at least 4 members (excludes halogenated alkanes) is 1. The molecule has 0 bridgehead atoms. The molecule has 0 aromatic heterocycles. The molecule has 6 nitrogen and oxygen atoms in total. The number of nitrogens with two attached hydrogens (primary N) is 1. The molecule has 0 aromatic rings. The van der Waals surface area contributed by atoms with Gasteiger partial charge in [0.15, 0.2) is 0 Å². The first-order chi connectivity index (χ1) is 8.62. The molecule has 19 heavy (non-hydrogen) atoms. The van der Waals surface area contributed by atoms with Crippen LogP contribution in [-0.2, 0) is 19.2 Å². The van der Waals surface area contributed by atoms with Gasteiger partial charge in [-0.15, -0.1) is 0 Å². The second-order valence-corrected chi connectivity index (χ2v) is 5.82. The average molecular weight is 274 g/mol. The molecule has 0 heterocycles. The molecule has 1 amide bonds. The van der Waals surface area contributed by atoms with Crippen LogP contribution in [0.5, 0.6) is 0 Å². The maximum atomic E-state index is 11.4. The minimum absolute atomic E-state index is 0.407. The summed E-state index contributed by atoms with van der Waals surface area (Å²) >= 11 is 0. The van der Waals surface area contributed by atoms with Crippen molar-refractivity contribution in [3.8, 4) is 0 Å². The number of hydrogen-bond acceptors (Lipinski definition) is 5. The molecule has 1 unspecified atom stereocenters. The Bertz CT molecular complexity index is 298. The lowest BCUT2D eigenvalue weighted by Crippen LogP contribution is -2.45. The second kappa shape index (κ2) is 7.45. The maximum Gasteiger partial charge on any atom is 0.325 e. The number of hydroxylamine groups is 2. The number of amides is 1. The first-order valence-electron chi connectivity index (χ1n) is 6.41. The molecule has 0 fully saturated rings. The fourth-order valence-electron chi connectivity index (χ4n) is 1.57. The second-order valence-electron chi connectivity index (χ2n) is 5.82. The van der Waals surface area contributed by atoms with E-state index < -0.39 is 17.1 Å². The molecular formula is C13H26N2O4. The van der Waals surface area contributed by atoms with Crippen molar-refractivity contribution in [2.24, 2.45) is 5.73 Å². The molecule has 1 atom stereocenters. The third-order valence-electron chi connectivity index (χ3n) is 2.49. The number of ether oxygens (including phenoxy) is 1.